The maximum atomic E-state index is 12.9. The van der Waals surface area contributed by atoms with Crippen molar-refractivity contribution in [2.24, 2.45) is 0 Å². The van der Waals surface area contributed by atoms with Crippen LogP contribution in [0.3, 0.4) is 0 Å². The monoisotopic (exact) mass is 433 g/mol. The van der Waals surface area contributed by atoms with Crippen molar-refractivity contribution >= 4 is 34.7 Å². The molecule has 2 aromatic carbocycles. The van der Waals surface area contributed by atoms with Crippen LogP contribution in [0.4, 0.5) is 10.5 Å². The Bertz CT molecular complexity index is 1080. The average molecular weight is 434 g/mol. The average Bonchev–Trinajstić information content (AvgIpc) is 3.07. The Balaban J connectivity index is 1.57. The predicted molar refractivity (Wildman–Crippen MR) is 122 cm³/mol. The number of hydrogen-bond acceptors (Lipinski definition) is 6. The van der Waals surface area contributed by atoms with Gasteiger partial charge in [-0.15, -0.1) is 0 Å². The Hall–Kier alpha value is -3.24. The van der Waals surface area contributed by atoms with Crippen LogP contribution in [0.5, 0.6) is 5.75 Å². The zero-order chi connectivity index (χ0) is 21.8. The third-order valence-electron chi connectivity index (χ3n) is 5.56. The Labute approximate surface area is 186 Å². The molecule has 31 heavy (non-hydrogen) atoms. The van der Waals surface area contributed by atoms with E-state index in [1.54, 1.807) is 37.5 Å². The lowest BCUT2D eigenvalue weighted by Crippen LogP contribution is -2.29. The molecule has 6 nitrogen and oxygen atoms in total. The molecule has 0 unspecified atom stereocenters. The van der Waals surface area contributed by atoms with Crippen LogP contribution in [0, 0.1) is 11.3 Å². The van der Waals surface area contributed by atoms with E-state index in [0.29, 0.717) is 21.8 Å². The topological polar surface area (TPSA) is 73.6 Å². The van der Waals surface area contributed by atoms with E-state index < -0.39 is 0 Å². The molecule has 2 saturated heterocycles. The van der Waals surface area contributed by atoms with Gasteiger partial charge in [-0.2, -0.15) is 5.26 Å². The number of nitrogens with zero attached hydrogens (tertiary/aromatic N) is 3. The second kappa shape index (κ2) is 9.27. The summed E-state index contributed by atoms with van der Waals surface area (Å²) in [4.78, 5) is 29.3. The highest BCUT2D eigenvalue weighted by Crippen LogP contribution is 2.36. The van der Waals surface area contributed by atoms with Gasteiger partial charge >= 0.3 is 0 Å². The molecule has 0 spiro atoms. The number of methoxy groups -OCH3 is 1. The van der Waals surface area contributed by atoms with Crippen LogP contribution in [0.1, 0.15) is 36.0 Å². The van der Waals surface area contributed by atoms with E-state index in [4.69, 9.17) is 4.74 Å². The number of hydrogen-bond donors (Lipinski definition) is 0. The highest BCUT2D eigenvalue weighted by molar-refractivity contribution is 8.18. The number of benzene rings is 2. The third kappa shape index (κ3) is 4.44. The molecule has 158 valence electrons. The lowest BCUT2D eigenvalue weighted by Gasteiger charge is -2.29. The molecule has 0 radical (unpaired) electrons. The van der Waals surface area contributed by atoms with Crippen molar-refractivity contribution in [3.63, 3.8) is 0 Å². The standard InChI is InChI=1S/C24H23N3O3S/c1-30-21-14-20(26-11-5-2-6-12-26)10-9-17(21)13-22-23(28)27(24(29)31-22)16-19-8-4-3-7-18(19)15-25/h3-4,7-10,13-14H,2,5-6,11-12,16H2,1H3/b22-13+. The minimum atomic E-state index is -0.357. The number of nitriles is 1. The molecule has 0 atom stereocenters. The third-order valence-corrected chi connectivity index (χ3v) is 6.47. The summed E-state index contributed by atoms with van der Waals surface area (Å²) in [5, 5.41) is 8.93. The molecule has 2 amide bonds. The highest BCUT2D eigenvalue weighted by Gasteiger charge is 2.35. The second-order valence-electron chi connectivity index (χ2n) is 7.51. The fourth-order valence-electron chi connectivity index (χ4n) is 3.88. The maximum absolute atomic E-state index is 12.9. The van der Waals surface area contributed by atoms with Gasteiger partial charge in [0.1, 0.15) is 5.75 Å². The van der Waals surface area contributed by atoms with Crippen molar-refractivity contribution < 1.29 is 14.3 Å². The Morgan fingerprint density at radius 3 is 2.65 bits per heavy atom. The molecule has 2 aliphatic heterocycles. The van der Waals surface area contributed by atoms with E-state index >= 15 is 0 Å². The van der Waals surface area contributed by atoms with Gasteiger partial charge in [0, 0.05) is 30.4 Å². The fraction of sp³-hybridized carbons (Fsp3) is 0.292. The van der Waals surface area contributed by atoms with E-state index in [9.17, 15) is 14.9 Å². The molecule has 0 aliphatic carbocycles. The fourth-order valence-corrected chi connectivity index (χ4v) is 4.71. The van der Waals surface area contributed by atoms with Gasteiger partial charge in [0.25, 0.3) is 11.1 Å². The summed E-state index contributed by atoms with van der Waals surface area (Å²) in [6.45, 7) is 2.15. The van der Waals surface area contributed by atoms with Crippen LogP contribution in [0.15, 0.2) is 47.4 Å². The quantitative estimate of drug-likeness (QED) is 0.631. The SMILES string of the molecule is COc1cc(N2CCCCC2)ccc1/C=C1/SC(=O)N(Cc2ccccc2C#N)C1=O. The number of anilines is 1. The van der Waals surface area contributed by atoms with Crippen LogP contribution >= 0.6 is 11.8 Å². The summed E-state index contributed by atoms with van der Waals surface area (Å²) in [7, 11) is 1.61. The van der Waals surface area contributed by atoms with E-state index in [0.717, 1.165) is 36.1 Å². The summed E-state index contributed by atoms with van der Waals surface area (Å²) in [6.07, 6.45) is 5.35. The van der Waals surface area contributed by atoms with Crippen molar-refractivity contribution in [3.8, 4) is 11.8 Å². The zero-order valence-corrected chi connectivity index (χ0v) is 18.2. The Kier molecular flexibility index (Phi) is 6.28. The molecule has 2 aromatic rings. The molecule has 0 bridgehead atoms. The van der Waals surface area contributed by atoms with Gasteiger partial charge in [0.05, 0.1) is 30.2 Å². The summed E-state index contributed by atoms with van der Waals surface area (Å²) >= 11 is 0.910. The summed E-state index contributed by atoms with van der Waals surface area (Å²) in [6, 6.07) is 15.1. The zero-order valence-electron chi connectivity index (χ0n) is 17.3. The van der Waals surface area contributed by atoms with Gasteiger partial charge in [-0.1, -0.05) is 18.2 Å². The van der Waals surface area contributed by atoms with Gasteiger partial charge in [-0.05, 0) is 60.9 Å². The van der Waals surface area contributed by atoms with Crippen LogP contribution in [0.25, 0.3) is 6.08 Å². The van der Waals surface area contributed by atoms with Crippen LogP contribution in [-0.4, -0.2) is 36.2 Å². The number of amides is 2. The molecule has 4 rings (SSSR count). The molecular formula is C24H23N3O3S. The van der Waals surface area contributed by atoms with Gasteiger partial charge < -0.3 is 9.64 Å². The minimum absolute atomic E-state index is 0.0801. The number of carbonyl (C=O) groups is 2. The van der Waals surface area contributed by atoms with Crippen molar-refractivity contribution in [3.05, 3.63) is 64.1 Å². The van der Waals surface area contributed by atoms with E-state index in [1.165, 1.54) is 24.2 Å². The number of piperidine rings is 1. The van der Waals surface area contributed by atoms with Gasteiger partial charge in [-0.25, -0.2) is 0 Å². The summed E-state index contributed by atoms with van der Waals surface area (Å²) in [5.74, 6) is 0.314. The van der Waals surface area contributed by atoms with E-state index in [2.05, 4.69) is 11.0 Å². The van der Waals surface area contributed by atoms with Crippen molar-refractivity contribution in [2.75, 3.05) is 25.1 Å². The van der Waals surface area contributed by atoms with E-state index in [-0.39, 0.29) is 17.7 Å². The van der Waals surface area contributed by atoms with Crippen molar-refractivity contribution in [1.82, 2.24) is 4.90 Å². The molecule has 2 heterocycles. The largest absolute Gasteiger partial charge is 0.496 e. The Morgan fingerprint density at radius 1 is 1.13 bits per heavy atom. The van der Waals surface area contributed by atoms with Gasteiger partial charge in [0.15, 0.2) is 0 Å². The normalized spacial score (nSPS) is 17.9. The molecule has 2 fully saturated rings. The first kappa shape index (κ1) is 21.0. The molecule has 0 N–H and O–H groups in total. The van der Waals surface area contributed by atoms with Crippen LogP contribution in [-0.2, 0) is 11.3 Å². The first-order valence-corrected chi connectivity index (χ1v) is 11.1. The van der Waals surface area contributed by atoms with Crippen LogP contribution in [0.2, 0.25) is 0 Å². The van der Waals surface area contributed by atoms with Crippen molar-refractivity contribution in [1.29, 1.82) is 5.26 Å². The number of rotatable bonds is 5. The highest BCUT2D eigenvalue weighted by atomic mass is 32.2. The Morgan fingerprint density at radius 2 is 1.90 bits per heavy atom. The van der Waals surface area contributed by atoms with Crippen LogP contribution < -0.4 is 9.64 Å². The lowest BCUT2D eigenvalue weighted by molar-refractivity contribution is -0.123. The molecule has 7 heteroatoms. The second-order valence-corrected chi connectivity index (χ2v) is 8.50. The summed E-state index contributed by atoms with van der Waals surface area (Å²) in [5.41, 5.74) is 2.97. The molecule has 0 aromatic heterocycles. The predicted octanol–water partition coefficient (Wildman–Crippen LogP) is 4.79. The van der Waals surface area contributed by atoms with Gasteiger partial charge in [0.2, 0.25) is 0 Å². The maximum Gasteiger partial charge on any atom is 0.293 e. The first-order valence-electron chi connectivity index (χ1n) is 10.3. The van der Waals surface area contributed by atoms with Crippen molar-refractivity contribution in [2.45, 2.75) is 25.8 Å². The minimum Gasteiger partial charge on any atom is -0.496 e. The summed E-state index contributed by atoms with van der Waals surface area (Å²) < 4.78 is 5.58. The first-order chi connectivity index (χ1) is 15.1. The molecule has 0 saturated carbocycles. The number of ether oxygens (including phenoxy) is 1. The smallest absolute Gasteiger partial charge is 0.293 e. The number of imide groups is 1. The molecule has 2 aliphatic rings. The lowest BCUT2D eigenvalue weighted by atomic mass is 10.1. The number of carbonyl (C=O) groups excluding carboxylic acids is 2. The van der Waals surface area contributed by atoms with E-state index in [1.807, 2.05) is 18.2 Å². The number of thioether (sulfide) groups is 1. The molecular weight excluding hydrogens is 410 g/mol. The van der Waals surface area contributed by atoms with Gasteiger partial charge in [-0.3, -0.25) is 14.5 Å².